The molecule has 1 amide bonds. The van der Waals surface area contributed by atoms with E-state index in [9.17, 15) is 9.59 Å². The predicted octanol–water partition coefficient (Wildman–Crippen LogP) is 3.64. The Morgan fingerprint density at radius 3 is 2.60 bits per heavy atom. The van der Waals surface area contributed by atoms with Gasteiger partial charge in [0.25, 0.3) is 11.5 Å². The zero-order valence-electron chi connectivity index (χ0n) is 16.3. The fourth-order valence-electron chi connectivity index (χ4n) is 3.20. The number of pyridine rings is 1. The minimum Gasteiger partial charge on any atom is -0.489 e. The van der Waals surface area contributed by atoms with Crippen LogP contribution in [0, 0.1) is 0 Å². The Kier molecular flexibility index (Phi) is 6.05. The summed E-state index contributed by atoms with van der Waals surface area (Å²) in [4.78, 5) is 24.4. The lowest BCUT2D eigenvalue weighted by atomic mass is 10.1. The van der Waals surface area contributed by atoms with Crippen molar-refractivity contribution in [3.63, 3.8) is 0 Å². The summed E-state index contributed by atoms with van der Waals surface area (Å²) in [5.41, 5.74) is 2.34. The van der Waals surface area contributed by atoms with E-state index < -0.39 is 0 Å². The summed E-state index contributed by atoms with van der Waals surface area (Å²) >= 11 is 6.27. The van der Waals surface area contributed by atoms with E-state index >= 15 is 0 Å². The molecule has 0 aliphatic carbocycles. The summed E-state index contributed by atoms with van der Waals surface area (Å²) in [5, 5.41) is 3.26. The summed E-state index contributed by atoms with van der Waals surface area (Å²) in [6.45, 7) is 1.93. The van der Waals surface area contributed by atoms with Crippen LogP contribution in [-0.2, 0) is 13.1 Å². The van der Waals surface area contributed by atoms with Crippen molar-refractivity contribution in [3.8, 4) is 11.5 Å². The Morgan fingerprint density at radius 2 is 1.80 bits per heavy atom. The van der Waals surface area contributed by atoms with Crippen LogP contribution in [0.5, 0.6) is 11.5 Å². The molecule has 30 heavy (non-hydrogen) atoms. The molecular weight excluding hydrogens is 404 g/mol. The number of nitrogens with one attached hydrogen (secondary N) is 1. The second-order valence-corrected chi connectivity index (χ2v) is 7.41. The monoisotopic (exact) mass is 424 g/mol. The Hall–Kier alpha value is -3.25. The van der Waals surface area contributed by atoms with E-state index in [2.05, 4.69) is 5.32 Å². The lowest BCUT2D eigenvalue weighted by Crippen LogP contribution is -2.23. The van der Waals surface area contributed by atoms with Crippen LogP contribution in [0.4, 0.5) is 0 Å². The predicted molar refractivity (Wildman–Crippen MR) is 114 cm³/mol. The van der Waals surface area contributed by atoms with Gasteiger partial charge in [0, 0.05) is 30.8 Å². The van der Waals surface area contributed by atoms with Crippen molar-refractivity contribution < 1.29 is 14.3 Å². The standard InChI is InChI=1S/C23H21ClN2O4/c24-19-12-18(13-20-22(19)30-11-3-10-29-20)23(28)25-14-16-5-7-17(8-6-16)15-26-9-2-1-4-21(26)27/h1-2,4-9,12-13H,3,10-11,14-15H2,(H,25,28). The summed E-state index contributed by atoms with van der Waals surface area (Å²) < 4.78 is 12.9. The zero-order valence-corrected chi connectivity index (χ0v) is 17.0. The molecule has 0 radical (unpaired) electrons. The molecule has 0 fully saturated rings. The van der Waals surface area contributed by atoms with Crippen molar-refractivity contribution in [1.29, 1.82) is 0 Å². The number of hydrogen-bond donors (Lipinski definition) is 1. The molecule has 1 N–H and O–H groups in total. The van der Waals surface area contributed by atoms with Crippen molar-refractivity contribution in [2.75, 3.05) is 13.2 Å². The molecule has 4 rings (SSSR count). The van der Waals surface area contributed by atoms with Gasteiger partial charge >= 0.3 is 0 Å². The van der Waals surface area contributed by atoms with Gasteiger partial charge in [-0.05, 0) is 29.3 Å². The minimum absolute atomic E-state index is 0.0392. The fourth-order valence-corrected chi connectivity index (χ4v) is 3.46. The second-order valence-electron chi connectivity index (χ2n) is 7.00. The first-order chi connectivity index (χ1) is 14.6. The normalized spacial score (nSPS) is 12.8. The molecule has 154 valence electrons. The lowest BCUT2D eigenvalue weighted by molar-refractivity contribution is 0.0950. The molecule has 0 atom stereocenters. The summed E-state index contributed by atoms with van der Waals surface area (Å²) in [7, 11) is 0. The topological polar surface area (TPSA) is 69.6 Å². The molecular formula is C23H21ClN2O4. The molecule has 1 aromatic heterocycles. The molecule has 1 aliphatic rings. The van der Waals surface area contributed by atoms with Crippen LogP contribution in [0.3, 0.4) is 0 Å². The van der Waals surface area contributed by atoms with Crippen LogP contribution >= 0.6 is 11.6 Å². The van der Waals surface area contributed by atoms with E-state index in [0.29, 0.717) is 48.4 Å². The average Bonchev–Trinajstić information content (AvgIpc) is 3.00. The van der Waals surface area contributed by atoms with Crippen LogP contribution in [0.25, 0.3) is 0 Å². The molecule has 0 saturated carbocycles. The number of carbonyl (C=O) groups is 1. The average molecular weight is 425 g/mol. The van der Waals surface area contributed by atoms with E-state index in [1.807, 2.05) is 30.3 Å². The molecule has 6 nitrogen and oxygen atoms in total. The van der Waals surface area contributed by atoms with Gasteiger partial charge in [0.1, 0.15) is 0 Å². The number of nitrogens with zero attached hydrogens (tertiary/aromatic N) is 1. The number of halogens is 1. The first-order valence-corrected chi connectivity index (χ1v) is 10.1. The van der Waals surface area contributed by atoms with Gasteiger partial charge in [-0.15, -0.1) is 0 Å². The smallest absolute Gasteiger partial charge is 0.251 e. The molecule has 3 aromatic rings. The van der Waals surface area contributed by atoms with Crippen molar-refractivity contribution in [1.82, 2.24) is 9.88 Å². The molecule has 1 aliphatic heterocycles. The summed E-state index contributed by atoms with van der Waals surface area (Å²) in [6.07, 6.45) is 2.53. The van der Waals surface area contributed by atoms with Crippen LogP contribution in [0.1, 0.15) is 27.9 Å². The zero-order chi connectivity index (χ0) is 20.9. The van der Waals surface area contributed by atoms with E-state index in [0.717, 1.165) is 17.5 Å². The lowest BCUT2D eigenvalue weighted by Gasteiger charge is -2.12. The van der Waals surface area contributed by atoms with Gasteiger partial charge < -0.3 is 19.4 Å². The highest BCUT2D eigenvalue weighted by Gasteiger charge is 2.18. The maximum atomic E-state index is 12.6. The molecule has 7 heteroatoms. The molecule has 0 bridgehead atoms. The van der Waals surface area contributed by atoms with Crippen molar-refractivity contribution >= 4 is 17.5 Å². The van der Waals surface area contributed by atoms with E-state index in [4.69, 9.17) is 21.1 Å². The number of fused-ring (bicyclic) bond motifs is 1. The Morgan fingerprint density at radius 1 is 1.03 bits per heavy atom. The maximum Gasteiger partial charge on any atom is 0.251 e. The first-order valence-electron chi connectivity index (χ1n) is 9.71. The number of aromatic nitrogens is 1. The Labute approximate surface area is 179 Å². The van der Waals surface area contributed by atoms with Gasteiger partial charge in [-0.1, -0.05) is 41.9 Å². The number of ether oxygens (including phenoxy) is 2. The van der Waals surface area contributed by atoms with Crippen LogP contribution < -0.4 is 20.3 Å². The molecule has 2 aromatic carbocycles. The highest BCUT2D eigenvalue weighted by Crippen LogP contribution is 2.37. The highest BCUT2D eigenvalue weighted by molar-refractivity contribution is 6.32. The third-order valence-corrected chi connectivity index (χ3v) is 5.07. The third kappa shape index (κ3) is 4.66. The minimum atomic E-state index is -0.243. The van der Waals surface area contributed by atoms with Crippen molar-refractivity contribution in [3.05, 3.63) is 92.9 Å². The number of benzene rings is 2. The van der Waals surface area contributed by atoms with E-state index in [-0.39, 0.29) is 11.5 Å². The molecule has 2 heterocycles. The molecule has 0 spiro atoms. The number of rotatable bonds is 5. The fraction of sp³-hybridized carbons (Fsp3) is 0.217. The molecule has 0 saturated heterocycles. The van der Waals surface area contributed by atoms with Gasteiger partial charge in [0.15, 0.2) is 11.5 Å². The van der Waals surface area contributed by atoms with E-state index in [1.54, 1.807) is 29.0 Å². The first kappa shape index (κ1) is 20.0. The largest absolute Gasteiger partial charge is 0.489 e. The van der Waals surface area contributed by atoms with Gasteiger partial charge in [0.2, 0.25) is 0 Å². The number of carbonyl (C=O) groups excluding carboxylic acids is 1. The highest BCUT2D eigenvalue weighted by atomic mass is 35.5. The van der Waals surface area contributed by atoms with Crippen LogP contribution in [0.2, 0.25) is 5.02 Å². The number of amides is 1. The second kappa shape index (κ2) is 9.05. The van der Waals surface area contributed by atoms with Crippen LogP contribution in [0.15, 0.2) is 65.6 Å². The third-order valence-electron chi connectivity index (χ3n) is 4.79. The SMILES string of the molecule is O=C(NCc1ccc(Cn2ccccc2=O)cc1)c1cc(Cl)c2c(c1)OCCCO2. The van der Waals surface area contributed by atoms with Gasteiger partial charge in [-0.3, -0.25) is 9.59 Å². The van der Waals surface area contributed by atoms with Gasteiger partial charge in [-0.25, -0.2) is 0 Å². The Bertz CT molecular complexity index is 1110. The summed E-state index contributed by atoms with van der Waals surface area (Å²) in [6, 6.07) is 16.1. The van der Waals surface area contributed by atoms with Crippen molar-refractivity contribution in [2.45, 2.75) is 19.5 Å². The van der Waals surface area contributed by atoms with Gasteiger partial charge in [0.05, 0.1) is 24.8 Å². The van der Waals surface area contributed by atoms with E-state index in [1.165, 1.54) is 6.07 Å². The van der Waals surface area contributed by atoms with Gasteiger partial charge in [-0.2, -0.15) is 0 Å². The van der Waals surface area contributed by atoms with Crippen LogP contribution in [-0.4, -0.2) is 23.7 Å². The Balaban J connectivity index is 1.39. The molecule has 0 unspecified atom stereocenters. The van der Waals surface area contributed by atoms with Crippen molar-refractivity contribution in [2.24, 2.45) is 0 Å². The number of hydrogen-bond acceptors (Lipinski definition) is 4. The maximum absolute atomic E-state index is 12.6. The quantitative estimate of drug-likeness (QED) is 0.678. The summed E-state index contributed by atoms with van der Waals surface area (Å²) in [5.74, 6) is 0.733.